The summed E-state index contributed by atoms with van der Waals surface area (Å²) in [7, 11) is 1.67. The van der Waals surface area contributed by atoms with Crippen molar-refractivity contribution in [3.05, 3.63) is 29.0 Å². The van der Waals surface area contributed by atoms with Crippen LogP contribution in [-0.2, 0) is 0 Å². The summed E-state index contributed by atoms with van der Waals surface area (Å²) in [5.41, 5.74) is 9.61. The summed E-state index contributed by atoms with van der Waals surface area (Å²) in [5.74, 6) is 1.61. The molecule has 1 heterocycles. The van der Waals surface area contributed by atoms with Crippen molar-refractivity contribution < 1.29 is 9.15 Å². The molecule has 0 aliphatic carbocycles. The highest BCUT2D eigenvalue weighted by Gasteiger charge is 2.14. The van der Waals surface area contributed by atoms with Gasteiger partial charge in [0.25, 0.3) is 6.01 Å². The molecule has 90 valence electrons. The molecule has 2 aromatic rings. The monoisotopic (exact) mass is 232 g/mol. The van der Waals surface area contributed by atoms with Gasteiger partial charge in [0.1, 0.15) is 17.2 Å². The summed E-state index contributed by atoms with van der Waals surface area (Å²) in [5, 5.41) is 0. The molecule has 0 bridgehead atoms. The van der Waals surface area contributed by atoms with Crippen molar-refractivity contribution >= 4 is 6.01 Å². The first-order chi connectivity index (χ1) is 8.04. The van der Waals surface area contributed by atoms with Gasteiger partial charge in [0.15, 0.2) is 0 Å². The molecule has 0 aliphatic rings. The second-order valence-electron chi connectivity index (χ2n) is 4.02. The Morgan fingerprint density at radius 2 is 1.88 bits per heavy atom. The van der Waals surface area contributed by atoms with E-state index >= 15 is 0 Å². The van der Waals surface area contributed by atoms with Gasteiger partial charge in [-0.3, -0.25) is 0 Å². The van der Waals surface area contributed by atoms with Crippen molar-refractivity contribution in [2.75, 3.05) is 12.8 Å². The molecule has 0 amide bonds. The third-order valence-electron chi connectivity index (χ3n) is 3.03. The zero-order valence-corrected chi connectivity index (χ0v) is 10.5. The number of aryl methyl sites for hydroxylation is 1. The van der Waals surface area contributed by atoms with Crippen molar-refractivity contribution in [3.8, 4) is 17.0 Å². The van der Waals surface area contributed by atoms with E-state index in [0.717, 1.165) is 33.9 Å². The summed E-state index contributed by atoms with van der Waals surface area (Å²) in [6.07, 6.45) is 0. The topological polar surface area (TPSA) is 61.3 Å². The molecular weight excluding hydrogens is 216 g/mol. The first-order valence-electron chi connectivity index (χ1n) is 5.42. The molecule has 4 nitrogen and oxygen atoms in total. The zero-order chi connectivity index (χ0) is 12.6. The average molecular weight is 232 g/mol. The summed E-state index contributed by atoms with van der Waals surface area (Å²) < 4.78 is 10.5. The van der Waals surface area contributed by atoms with E-state index in [9.17, 15) is 0 Å². The highest BCUT2D eigenvalue weighted by molar-refractivity contribution is 5.69. The second kappa shape index (κ2) is 4.13. The maximum absolute atomic E-state index is 5.56. The van der Waals surface area contributed by atoms with Gasteiger partial charge in [0, 0.05) is 5.56 Å². The van der Waals surface area contributed by atoms with Crippen LogP contribution in [0.15, 0.2) is 16.5 Å². The van der Waals surface area contributed by atoms with Crippen LogP contribution in [0, 0.1) is 20.8 Å². The molecule has 0 saturated heterocycles. The number of rotatable bonds is 2. The van der Waals surface area contributed by atoms with Crippen LogP contribution in [0.3, 0.4) is 0 Å². The van der Waals surface area contributed by atoms with Gasteiger partial charge in [-0.25, -0.2) is 0 Å². The fourth-order valence-electron chi connectivity index (χ4n) is 1.94. The van der Waals surface area contributed by atoms with Gasteiger partial charge >= 0.3 is 0 Å². The van der Waals surface area contributed by atoms with E-state index in [1.807, 2.05) is 32.9 Å². The van der Waals surface area contributed by atoms with Gasteiger partial charge in [-0.1, -0.05) is 0 Å². The molecule has 1 aromatic heterocycles. The number of nitrogens with zero attached hydrogens (tertiary/aromatic N) is 1. The molecule has 17 heavy (non-hydrogen) atoms. The first-order valence-corrected chi connectivity index (χ1v) is 5.42. The van der Waals surface area contributed by atoms with Gasteiger partial charge in [-0.05, 0) is 44.0 Å². The Kier molecular flexibility index (Phi) is 2.79. The number of methoxy groups -OCH3 is 1. The van der Waals surface area contributed by atoms with Gasteiger partial charge in [0.2, 0.25) is 0 Å². The lowest BCUT2D eigenvalue weighted by Gasteiger charge is -2.11. The van der Waals surface area contributed by atoms with E-state index in [2.05, 4.69) is 4.98 Å². The molecule has 2 N–H and O–H groups in total. The maximum Gasteiger partial charge on any atom is 0.292 e. The molecule has 0 saturated carbocycles. The number of ether oxygens (including phenoxy) is 1. The summed E-state index contributed by atoms with van der Waals surface area (Å²) in [6, 6.07) is 4.11. The summed E-state index contributed by atoms with van der Waals surface area (Å²) >= 11 is 0. The number of benzene rings is 1. The van der Waals surface area contributed by atoms with E-state index < -0.39 is 0 Å². The van der Waals surface area contributed by atoms with E-state index in [-0.39, 0.29) is 6.01 Å². The summed E-state index contributed by atoms with van der Waals surface area (Å²) in [4.78, 5) is 4.21. The molecule has 4 heteroatoms. The average Bonchev–Trinajstić information content (AvgIpc) is 2.62. The van der Waals surface area contributed by atoms with Crippen LogP contribution in [0.25, 0.3) is 11.3 Å². The lowest BCUT2D eigenvalue weighted by molar-refractivity contribution is 0.411. The van der Waals surface area contributed by atoms with Crippen molar-refractivity contribution in [2.45, 2.75) is 20.8 Å². The minimum atomic E-state index is 0.199. The number of hydrogen-bond acceptors (Lipinski definition) is 4. The van der Waals surface area contributed by atoms with Crippen LogP contribution in [-0.4, -0.2) is 12.1 Å². The van der Waals surface area contributed by atoms with Crippen LogP contribution in [0.1, 0.15) is 16.9 Å². The van der Waals surface area contributed by atoms with Gasteiger partial charge in [-0.15, -0.1) is 0 Å². The number of aromatic nitrogens is 1. The molecule has 0 unspecified atom stereocenters. The fourth-order valence-corrected chi connectivity index (χ4v) is 1.94. The largest absolute Gasteiger partial charge is 0.496 e. The van der Waals surface area contributed by atoms with Gasteiger partial charge in [-0.2, -0.15) is 4.98 Å². The highest BCUT2D eigenvalue weighted by Crippen LogP contribution is 2.32. The van der Waals surface area contributed by atoms with Crippen molar-refractivity contribution in [1.82, 2.24) is 4.98 Å². The van der Waals surface area contributed by atoms with Crippen molar-refractivity contribution in [2.24, 2.45) is 0 Å². The Morgan fingerprint density at radius 1 is 1.18 bits per heavy atom. The number of nitrogen functional groups attached to an aromatic ring is 1. The van der Waals surface area contributed by atoms with Crippen LogP contribution < -0.4 is 10.5 Å². The molecule has 2 rings (SSSR count). The molecule has 0 atom stereocenters. The normalized spacial score (nSPS) is 10.6. The SMILES string of the molecule is COc1ccc(-c2nc(N)oc2C)c(C)c1C. The Balaban J connectivity index is 2.61. The second-order valence-corrected chi connectivity index (χ2v) is 4.02. The highest BCUT2D eigenvalue weighted by atomic mass is 16.5. The molecular formula is C13H16N2O2. The minimum absolute atomic E-state index is 0.199. The molecule has 0 radical (unpaired) electrons. The Bertz CT molecular complexity index is 559. The number of oxazole rings is 1. The fraction of sp³-hybridized carbons (Fsp3) is 0.308. The zero-order valence-electron chi connectivity index (χ0n) is 10.5. The number of nitrogens with two attached hydrogens (primary N) is 1. The van der Waals surface area contributed by atoms with E-state index in [1.165, 1.54) is 0 Å². The lowest BCUT2D eigenvalue weighted by Crippen LogP contribution is -1.94. The Hall–Kier alpha value is -1.97. The Labute approximate surface area is 100 Å². The quantitative estimate of drug-likeness (QED) is 0.864. The van der Waals surface area contributed by atoms with Gasteiger partial charge in [0.05, 0.1) is 7.11 Å². The van der Waals surface area contributed by atoms with Crippen molar-refractivity contribution in [1.29, 1.82) is 0 Å². The van der Waals surface area contributed by atoms with E-state index in [4.69, 9.17) is 14.9 Å². The third-order valence-corrected chi connectivity index (χ3v) is 3.03. The van der Waals surface area contributed by atoms with Crippen LogP contribution in [0.5, 0.6) is 5.75 Å². The maximum atomic E-state index is 5.56. The van der Waals surface area contributed by atoms with Crippen LogP contribution in [0.4, 0.5) is 6.01 Å². The molecule has 0 aliphatic heterocycles. The van der Waals surface area contributed by atoms with Crippen molar-refractivity contribution in [3.63, 3.8) is 0 Å². The van der Waals surface area contributed by atoms with Gasteiger partial charge < -0.3 is 14.9 Å². The van der Waals surface area contributed by atoms with E-state index in [0.29, 0.717) is 0 Å². The lowest BCUT2D eigenvalue weighted by atomic mass is 9.99. The Morgan fingerprint density at radius 3 is 2.41 bits per heavy atom. The summed E-state index contributed by atoms with van der Waals surface area (Å²) in [6.45, 7) is 5.92. The smallest absolute Gasteiger partial charge is 0.292 e. The van der Waals surface area contributed by atoms with Crippen LogP contribution >= 0.6 is 0 Å². The number of hydrogen-bond donors (Lipinski definition) is 1. The molecule has 0 fully saturated rings. The first kappa shape index (κ1) is 11.5. The molecule has 0 spiro atoms. The third kappa shape index (κ3) is 1.86. The minimum Gasteiger partial charge on any atom is -0.496 e. The molecule has 1 aromatic carbocycles. The standard InChI is InChI=1S/C13H16N2O2/c1-7-8(2)11(16-4)6-5-10(7)12-9(3)17-13(14)15-12/h5-6H,1-4H3,(H2,14,15). The van der Waals surface area contributed by atoms with E-state index in [1.54, 1.807) is 7.11 Å². The predicted octanol–water partition coefficient (Wildman–Crippen LogP) is 2.86. The number of anilines is 1. The van der Waals surface area contributed by atoms with Crippen LogP contribution in [0.2, 0.25) is 0 Å². The predicted molar refractivity (Wildman–Crippen MR) is 67.1 cm³/mol.